The van der Waals surface area contributed by atoms with E-state index in [1.165, 1.54) is 18.2 Å². The third-order valence-corrected chi connectivity index (χ3v) is 4.50. The van der Waals surface area contributed by atoms with Crippen LogP contribution >= 0.6 is 0 Å². The summed E-state index contributed by atoms with van der Waals surface area (Å²) >= 11 is 0. The first kappa shape index (κ1) is 14.6. The number of azide groups is 1. The Bertz CT molecular complexity index is 848. The predicted octanol–water partition coefficient (Wildman–Crippen LogP) is 3.47. The Morgan fingerprint density at radius 2 is 1.90 bits per heavy atom. The summed E-state index contributed by atoms with van der Waals surface area (Å²) in [5.74, 6) is -0.220. The smallest absolute Gasteiger partial charge is 0.183 e. The fourth-order valence-corrected chi connectivity index (χ4v) is 3.38. The molecule has 2 aromatic rings. The quantitative estimate of drug-likeness (QED) is 0.490. The lowest BCUT2D eigenvalue weighted by molar-refractivity contribution is 0.595. The van der Waals surface area contributed by atoms with Crippen molar-refractivity contribution in [1.82, 2.24) is 0 Å². The van der Waals surface area contributed by atoms with E-state index in [2.05, 4.69) is 10.0 Å². The van der Waals surface area contributed by atoms with Crippen molar-refractivity contribution in [3.63, 3.8) is 0 Å². The van der Waals surface area contributed by atoms with E-state index in [0.29, 0.717) is 5.56 Å². The van der Waals surface area contributed by atoms with Gasteiger partial charge in [-0.3, -0.25) is 0 Å². The molecule has 0 aliphatic carbocycles. The fourth-order valence-electron chi connectivity index (χ4n) is 1.85. The van der Waals surface area contributed by atoms with Crippen LogP contribution in [0.2, 0.25) is 0 Å². The van der Waals surface area contributed by atoms with Crippen LogP contribution in [0.4, 0.5) is 5.69 Å². The zero-order chi connectivity index (χ0) is 15.3. The van der Waals surface area contributed by atoms with Crippen LogP contribution in [-0.4, -0.2) is 8.42 Å². The Kier molecular flexibility index (Phi) is 4.24. The first-order chi connectivity index (χ1) is 10.1. The standard InChI is InChI=1S/C14H10N4O2S/c15-9-12-6-7-13(17-18-16)8-14(12)21(19,20)10-11-4-2-1-3-5-11/h1-8H,10H2. The Labute approximate surface area is 121 Å². The van der Waals surface area contributed by atoms with Crippen molar-refractivity contribution in [3.05, 3.63) is 70.1 Å². The van der Waals surface area contributed by atoms with E-state index >= 15 is 0 Å². The lowest BCUT2D eigenvalue weighted by Gasteiger charge is -2.07. The minimum Gasteiger partial charge on any atom is -0.223 e. The van der Waals surface area contributed by atoms with E-state index in [1.807, 2.05) is 6.07 Å². The fraction of sp³-hybridized carbons (Fsp3) is 0.0714. The van der Waals surface area contributed by atoms with Gasteiger partial charge in [-0.1, -0.05) is 41.5 Å². The molecular weight excluding hydrogens is 288 g/mol. The van der Waals surface area contributed by atoms with Gasteiger partial charge >= 0.3 is 0 Å². The van der Waals surface area contributed by atoms with Crippen molar-refractivity contribution in [3.8, 4) is 6.07 Å². The third-order valence-electron chi connectivity index (χ3n) is 2.78. The van der Waals surface area contributed by atoms with Crippen molar-refractivity contribution in [2.75, 3.05) is 0 Å². The maximum absolute atomic E-state index is 12.5. The molecule has 0 radical (unpaired) electrons. The van der Waals surface area contributed by atoms with Crippen molar-refractivity contribution >= 4 is 15.5 Å². The van der Waals surface area contributed by atoms with Crippen LogP contribution in [-0.2, 0) is 15.6 Å². The number of hydrogen-bond acceptors (Lipinski definition) is 4. The van der Waals surface area contributed by atoms with Gasteiger partial charge in [0.25, 0.3) is 0 Å². The lowest BCUT2D eigenvalue weighted by Crippen LogP contribution is -2.07. The first-order valence-corrected chi connectivity index (χ1v) is 7.58. The van der Waals surface area contributed by atoms with E-state index < -0.39 is 9.84 Å². The van der Waals surface area contributed by atoms with Crippen molar-refractivity contribution in [2.24, 2.45) is 5.11 Å². The van der Waals surface area contributed by atoms with Gasteiger partial charge in [-0.25, -0.2) is 8.42 Å². The normalized spacial score (nSPS) is 10.4. The number of benzene rings is 2. The highest BCUT2D eigenvalue weighted by Gasteiger charge is 2.20. The molecule has 0 heterocycles. The van der Waals surface area contributed by atoms with Crippen LogP contribution in [0.3, 0.4) is 0 Å². The van der Waals surface area contributed by atoms with Crippen LogP contribution in [0.5, 0.6) is 0 Å². The van der Waals surface area contributed by atoms with Gasteiger partial charge in [0.2, 0.25) is 0 Å². The number of sulfone groups is 1. The number of rotatable bonds is 4. The molecule has 0 saturated heterocycles. The van der Waals surface area contributed by atoms with Gasteiger partial charge < -0.3 is 0 Å². The Hall–Kier alpha value is -2.81. The summed E-state index contributed by atoms with van der Waals surface area (Å²) in [6, 6.07) is 14.5. The van der Waals surface area contributed by atoms with Crippen LogP contribution in [0.1, 0.15) is 11.1 Å². The van der Waals surface area contributed by atoms with Gasteiger partial charge in [-0.05, 0) is 23.2 Å². The summed E-state index contributed by atoms with van der Waals surface area (Å²) in [6.07, 6.45) is 0. The van der Waals surface area contributed by atoms with Gasteiger partial charge in [-0.2, -0.15) is 5.26 Å². The average molecular weight is 298 g/mol. The maximum Gasteiger partial charge on any atom is 0.183 e. The van der Waals surface area contributed by atoms with Gasteiger partial charge in [0.1, 0.15) is 6.07 Å². The largest absolute Gasteiger partial charge is 0.223 e. The molecule has 0 aromatic heterocycles. The molecule has 2 rings (SSSR count). The summed E-state index contributed by atoms with van der Waals surface area (Å²) in [6.45, 7) is 0. The molecule has 7 heteroatoms. The molecule has 0 N–H and O–H groups in total. The van der Waals surface area contributed by atoms with E-state index in [9.17, 15) is 8.42 Å². The minimum atomic E-state index is -3.70. The Balaban J connectivity index is 2.51. The van der Waals surface area contributed by atoms with Crippen LogP contribution < -0.4 is 0 Å². The second-order valence-electron chi connectivity index (χ2n) is 4.23. The maximum atomic E-state index is 12.5. The van der Waals surface area contributed by atoms with Crippen LogP contribution in [0.15, 0.2) is 58.5 Å². The van der Waals surface area contributed by atoms with E-state index in [4.69, 9.17) is 10.8 Å². The van der Waals surface area contributed by atoms with E-state index in [-0.39, 0.29) is 21.9 Å². The highest BCUT2D eigenvalue weighted by Crippen LogP contribution is 2.25. The van der Waals surface area contributed by atoms with Gasteiger partial charge in [-0.15, -0.1) is 0 Å². The number of nitriles is 1. The molecule has 0 atom stereocenters. The molecule has 21 heavy (non-hydrogen) atoms. The molecule has 0 aliphatic rings. The van der Waals surface area contributed by atoms with Crippen LogP contribution in [0.25, 0.3) is 10.4 Å². The molecule has 0 fully saturated rings. The van der Waals surface area contributed by atoms with E-state index in [1.54, 1.807) is 30.3 Å². The van der Waals surface area contributed by atoms with Gasteiger partial charge in [0.05, 0.1) is 16.2 Å². The molecular formula is C14H10N4O2S. The van der Waals surface area contributed by atoms with Gasteiger partial charge in [0, 0.05) is 10.6 Å². The highest BCUT2D eigenvalue weighted by molar-refractivity contribution is 7.90. The molecule has 0 aliphatic heterocycles. The zero-order valence-corrected chi connectivity index (χ0v) is 11.7. The number of hydrogen-bond donors (Lipinski definition) is 0. The van der Waals surface area contributed by atoms with Crippen molar-refractivity contribution in [2.45, 2.75) is 10.6 Å². The molecule has 0 bridgehead atoms. The summed E-state index contributed by atoms with van der Waals surface area (Å²) in [5.41, 5.74) is 9.23. The second-order valence-corrected chi connectivity index (χ2v) is 6.18. The highest BCUT2D eigenvalue weighted by atomic mass is 32.2. The minimum absolute atomic E-state index is 0.0304. The molecule has 2 aromatic carbocycles. The molecule has 6 nitrogen and oxygen atoms in total. The Morgan fingerprint density at radius 1 is 1.19 bits per heavy atom. The molecule has 0 unspecified atom stereocenters. The van der Waals surface area contributed by atoms with Gasteiger partial charge in [0.15, 0.2) is 9.84 Å². The SMILES string of the molecule is N#Cc1ccc(N=[N+]=[N-])cc1S(=O)(=O)Cc1ccccc1. The van der Waals surface area contributed by atoms with E-state index in [0.717, 1.165) is 0 Å². The van der Waals surface area contributed by atoms with Crippen molar-refractivity contribution < 1.29 is 8.42 Å². The average Bonchev–Trinajstić information content (AvgIpc) is 2.48. The first-order valence-electron chi connectivity index (χ1n) is 5.93. The molecule has 0 amide bonds. The Morgan fingerprint density at radius 3 is 2.52 bits per heavy atom. The summed E-state index contributed by atoms with van der Waals surface area (Å²) < 4.78 is 24.9. The summed E-state index contributed by atoms with van der Waals surface area (Å²) in [7, 11) is -3.70. The van der Waals surface area contributed by atoms with Crippen LogP contribution in [0, 0.1) is 11.3 Å². The molecule has 104 valence electrons. The lowest BCUT2D eigenvalue weighted by atomic mass is 10.2. The second kappa shape index (κ2) is 6.09. The topological polar surface area (TPSA) is 107 Å². The predicted molar refractivity (Wildman–Crippen MR) is 77.3 cm³/mol. The molecule has 0 saturated carbocycles. The monoisotopic (exact) mass is 298 g/mol. The number of nitrogens with zero attached hydrogens (tertiary/aromatic N) is 4. The summed E-state index contributed by atoms with van der Waals surface area (Å²) in [4.78, 5) is 2.49. The zero-order valence-electron chi connectivity index (χ0n) is 10.8. The van der Waals surface area contributed by atoms with Crippen molar-refractivity contribution in [1.29, 1.82) is 5.26 Å². The third kappa shape index (κ3) is 3.39. The summed E-state index contributed by atoms with van der Waals surface area (Å²) in [5, 5.41) is 12.4. The molecule has 0 spiro atoms.